The minimum absolute atomic E-state index is 0.0391. The van der Waals surface area contributed by atoms with Crippen molar-refractivity contribution in [2.45, 2.75) is 26.6 Å². The van der Waals surface area contributed by atoms with Crippen LogP contribution in [-0.2, 0) is 12.7 Å². The highest BCUT2D eigenvalue weighted by Gasteiger charge is 2.31. The van der Waals surface area contributed by atoms with Crippen LogP contribution < -0.4 is 10.6 Å². The minimum Gasteiger partial charge on any atom is -0.348 e. The predicted octanol–water partition coefficient (Wildman–Crippen LogP) is 4.29. The van der Waals surface area contributed by atoms with Crippen molar-refractivity contribution in [2.24, 2.45) is 0 Å². The number of carbonyl (C=O) groups is 2. The smallest absolute Gasteiger partial charge is 0.348 e. The number of nitrogens with one attached hydrogen (secondary N) is 2. The second-order valence-corrected chi connectivity index (χ2v) is 7.06. The monoisotopic (exact) mass is 428 g/mol. The fraction of sp³-hybridized carbons (Fsp3) is 0.182. The highest BCUT2D eigenvalue weighted by Crippen LogP contribution is 2.32. The van der Waals surface area contributed by atoms with Gasteiger partial charge in [0.1, 0.15) is 0 Å². The molecule has 0 atom stereocenters. The Morgan fingerprint density at radius 3 is 1.97 bits per heavy atom. The van der Waals surface area contributed by atoms with E-state index in [4.69, 9.17) is 0 Å². The first-order chi connectivity index (χ1) is 14.6. The number of aromatic nitrogens is 2. The van der Waals surface area contributed by atoms with Crippen LogP contribution in [0.3, 0.4) is 0 Å². The molecule has 3 rings (SSSR count). The van der Waals surface area contributed by atoms with Gasteiger partial charge < -0.3 is 10.6 Å². The Bertz CT molecular complexity index is 1130. The summed E-state index contributed by atoms with van der Waals surface area (Å²) in [5.74, 6) is -1.05. The first kappa shape index (κ1) is 21.9. The molecule has 0 spiro atoms. The lowest BCUT2D eigenvalue weighted by Crippen LogP contribution is -2.23. The average Bonchev–Trinajstić information content (AvgIpc) is 2.71. The molecule has 1 aromatic carbocycles. The van der Waals surface area contributed by atoms with Crippen LogP contribution in [0.4, 0.5) is 18.9 Å². The first-order valence-corrected chi connectivity index (χ1v) is 9.26. The molecular weight excluding hydrogens is 409 g/mol. The molecule has 0 fully saturated rings. The largest absolute Gasteiger partial charge is 0.416 e. The number of pyridine rings is 2. The molecule has 9 heteroatoms. The second kappa shape index (κ2) is 8.95. The maximum atomic E-state index is 13.4. The van der Waals surface area contributed by atoms with E-state index in [9.17, 15) is 22.8 Å². The van der Waals surface area contributed by atoms with Gasteiger partial charge in [0, 0.05) is 37.0 Å². The summed E-state index contributed by atoms with van der Waals surface area (Å²) in [6.45, 7) is 3.36. The number of nitrogens with zero attached hydrogens (tertiary/aromatic N) is 2. The van der Waals surface area contributed by atoms with Crippen LogP contribution in [0.1, 0.15) is 43.0 Å². The lowest BCUT2D eigenvalue weighted by Gasteiger charge is -2.14. The number of hydrogen-bond acceptors (Lipinski definition) is 4. The molecule has 0 aliphatic carbocycles. The van der Waals surface area contributed by atoms with Crippen molar-refractivity contribution in [1.29, 1.82) is 0 Å². The van der Waals surface area contributed by atoms with E-state index < -0.39 is 23.6 Å². The van der Waals surface area contributed by atoms with Crippen molar-refractivity contribution < 1.29 is 22.8 Å². The summed E-state index contributed by atoms with van der Waals surface area (Å²) in [5.41, 5.74) is 1.25. The first-order valence-electron chi connectivity index (χ1n) is 9.26. The van der Waals surface area contributed by atoms with E-state index in [2.05, 4.69) is 20.6 Å². The lowest BCUT2D eigenvalue weighted by molar-refractivity contribution is -0.137. The van der Waals surface area contributed by atoms with Gasteiger partial charge in [-0.25, -0.2) is 0 Å². The van der Waals surface area contributed by atoms with Gasteiger partial charge in [-0.1, -0.05) is 0 Å². The molecule has 0 aliphatic heterocycles. The number of anilines is 1. The van der Waals surface area contributed by atoms with Crippen molar-refractivity contribution in [1.82, 2.24) is 15.3 Å². The molecule has 6 nitrogen and oxygen atoms in total. The zero-order valence-electron chi connectivity index (χ0n) is 16.7. The molecule has 0 bridgehead atoms. The van der Waals surface area contributed by atoms with Gasteiger partial charge in [0.2, 0.25) is 0 Å². The van der Waals surface area contributed by atoms with E-state index >= 15 is 0 Å². The maximum Gasteiger partial charge on any atom is 0.416 e. The van der Waals surface area contributed by atoms with Crippen LogP contribution in [-0.4, -0.2) is 21.8 Å². The topological polar surface area (TPSA) is 84.0 Å². The summed E-state index contributed by atoms with van der Waals surface area (Å²) in [4.78, 5) is 32.5. The van der Waals surface area contributed by atoms with Crippen LogP contribution in [0.5, 0.6) is 0 Å². The molecular formula is C22H19F3N4O2. The van der Waals surface area contributed by atoms with Gasteiger partial charge >= 0.3 is 6.18 Å². The van der Waals surface area contributed by atoms with Crippen molar-refractivity contribution >= 4 is 17.5 Å². The molecule has 2 amide bonds. The van der Waals surface area contributed by atoms with Crippen LogP contribution in [0.15, 0.2) is 55.1 Å². The van der Waals surface area contributed by atoms with Gasteiger partial charge in [0.15, 0.2) is 0 Å². The van der Waals surface area contributed by atoms with E-state index in [1.165, 1.54) is 18.5 Å². The zero-order chi connectivity index (χ0) is 22.6. The molecule has 0 saturated heterocycles. The third-order valence-corrected chi connectivity index (χ3v) is 4.31. The number of hydrogen-bond donors (Lipinski definition) is 2. The van der Waals surface area contributed by atoms with Gasteiger partial charge in [-0.05, 0) is 60.9 Å². The molecule has 0 aliphatic rings. The summed E-state index contributed by atoms with van der Waals surface area (Å²) in [6.07, 6.45) is 1.22. The third-order valence-electron chi connectivity index (χ3n) is 4.31. The molecule has 0 saturated carbocycles. The Morgan fingerprint density at radius 1 is 0.839 bits per heavy atom. The number of rotatable bonds is 5. The van der Waals surface area contributed by atoms with Crippen LogP contribution in [0, 0.1) is 13.8 Å². The van der Waals surface area contributed by atoms with Crippen molar-refractivity contribution in [2.75, 3.05) is 5.32 Å². The van der Waals surface area contributed by atoms with Gasteiger partial charge in [-0.3, -0.25) is 19.6 Å². The maximum absolute atomic E-state index is 13.4. The molecule has 2 heterocycles. The van der Waals surface area contributed by atoms with Crippen molar-refractivity contribution in [3.8, 4) is 0 Å². The third kappa shape index (κ3) is 5.88. The van der Waals surface area contributed by atoms with Crippen LogP contribution in [0.2, 0.25) is 0 Å². The van der Waals surface area contributed by atoms with E-state index in [-0.39, 0.29) is 23.4 Å². The fourth-order valence-electron chi connectivity index (χ4n) is 2.88. The van der Waals surface area contributed by atoms with Crippen molar-refractivity contribution in [3.05, 3.63) is 88.5 Å². The van der Waals surface area contributed by atoms with Crippen LogP contribution in [0.25, 0.3) is 0 Å². The highest BCUT2D eigenvalue weighted by molar-refractivity contribution is 6.04. The lowest BCUT2D eigenvalue weighted by atomic mass is 10.1. The number of carbonyl (C=O) groups excluding carboxylic acids is 2. The van der Waals surface area contributed by atoms with Crippen molar-refractivity contribution in [3.63, 3.8) is 0 Å². The normalized spacial score (nSPS) is 11.1. The van der Waals surface area contributed by atoms with Gasteiger partial charge in [0.05, 0.1) is 16.7 Å². The predicted molar refractivity (Wildman–Crippen MR) is 109 cm³/mol. The summed E-state index contributed by atoms with van der Waals surface area (Å²) >= 11 is 0. The standard InChI is InChI=1S/C22H19F3N4O2/c1-13-3-16(11-26-8-13)20(30)28-10-15-5-18(22(23,24)25)7-19(6-15)29-21(31)17-4-14(2)9-27-12-17/h3-9,11-12H,10H2,1-2H3,(H,28,30)(H,29,31). The van der Waals surface area contributed by atoms with Gasteiger partial charge in [-0.15, -0.1) is 0 Å². The van der Waals surface area contributed by atoms with E-state index in [1.54, 1.807) is 38.4 Å². The summed E-state index contributed by atoms with van der Waals surface area (Å²) < 4.78 is 40.1. The molecule has 0 unspecified atom stereocenters. The molecule has 3 aromatic rings. The Kier molecular flexibility index (Phi) is 6.33. The van der Waals surface area contributed by atoms with E-state index in [0.717, 1.165) is 23.3 Å². The quantitative estimate of drug-likeness (QED) is 0.635. The zero-order valence-corrected chi connectivity index (χ0v) is 16.7. The summed E-state index contributed by atoms with van der Waals surface area (Å²) in [7, 11) is 0. The Morgan fingerprint density at radius 2 is 1.42 bits per heavy atom. The number of alkyl halides is 3. The van der Waals surface area contributed by atoms with E-state index in [0.29, 0.717) is 5.56 Å². The number of benzene rings is 1. The molecule has 31 heavy (non-hydrogen) atoms. The summed E-state index contributed by atoms with van der Waals surface area (Å²) in [6, 6.07) is 6.35. The van der Waals surface area contributed by atoms with Gasteiger partial charge in [0.25, 0.3) is 11.8 Å². The Balaban J connectivity index is 1.81. The number of aryl methyl sites for hydroxylation is 2. The molecule has 0 radical (unpaired) electrons. The van der Waals surface area contributed by atoms with Gasteiger partial charge in [-0.2, -0.15) is 13.2 Å². The SMILES string of the molecule is Cc1cncc(C(=O)NCc2cc(NC(=O)c3cncc(C)c3)cc(C(F)(F)F)c2)c1. The Labute approximate surface area is 176 Å². The van der Waals surface area contributed by atoms with Crippen LogP contribution >= 0.6 is 0 Å². The second-order valence-electron chi connectivity index (χ2n) is 7.06. The summed E-state index contributed by atoms with van der Waals surface area (Å²) in [5, 5.41) is 5.04. The highest BCUT2D eigenvalue weighted by atomic mass is 19.4. The molecule has 2 aromatic heterocycles. The molecule has 160 valence electrons. The minimum atomic E-state index is -4.62. The molecule has 2 N–H and O–H groups in total. The average molecular weight is 428 g/mol. The Hall–Kier alpha value is -3.75. The number of amides is 2. The fourth-order valence-corrected chi connectivity index (χ4v) is 2.88. The number of halogens is 3. The van der Waals surface area contributed by atoms with E-state index in [1.807, 2.05) is 0 Å².